The molecule has 0 aliphatic heterocycles. The largest absolute Gasteiger partial charge is 0.507 e. The molecule has 3 nitrogen and oxygen atoms in total. The van der Waals surface area contributed by atoms with Gasteiger partial charge in [-0.2, -0.15) is 5.10 Å². The molecule has 0 bridgehead atoms. The molecule has 0 aliphatic carbocycles. The van der Waals surface area contributed by atoms with Crippen molar-refractivity contribution in [3.8, 4) is 5.75 Å². The van der Waals surface area contributed by atoms with Crippen molar-refractivity contribution in [2.24, 2.45) is 5.10 Å². The van der Waals surface area contributed by atoms with Gasteiger partial charge < -0.3 is 10.1 Å². The predicted octanol–water partition coefficient (Wildman–Crippen LogP) is 2.59. The maximum Gasteiger partial charge on any atom is 0.128 e. The number of hydrazone groups is 1. The summed E-state index contributed by atoms with van der Waals surface area (Å²) in [5.41, 5.74) is 1.63. The van der Waals surface area contributed by atoms with Gasteiger partial charge in [-0.3, -0.25) is 0 Å². The number of hydrogen-bond donors (Lipinski definition) is 1. The van der Waals surface area contributed by atoms with Crippen LogP contribution in [-0.2, 0) is 5.41 Å². The van der Waals surface area contributed by atoms with Crippen LogP contribution in [0.15, 0.2) is 23.3 Å². The van der Waals surface area contributed by atoms with E-state index in [1.54, 1.807) is 11.2 Å². The predicted molar refractivity (Wildman–Crippen MR) is 68.1 cm³/mol. The Bertz CT molecular complexity index is 389. The zero-order chi connectivity index (χ0) is 12.3. The topological polar surface area (TPSA) is 35.8 Å². The average molecular weight is 220 g/mol. The molecule has 0 aliphatic rings. The van der Waals surface area contributed by atoms with Gasteiger partial charge in [0.15, 0.2) is 0 Å². The summed E-state index contributed by atoms with van der Waals surface area (Å²) in [7, 11) is 3.70. The Kier molecular flexibility index (Phi) is 3.58. The molecule has 0 atom stereocenters. The summed E-state index contributed by atoms with van der Waals surface area (Å²) >= 11 is 0. The van der Waals surface area contributed by atoms with E-state index in [-0.39, 0.29) is 5.41 Å². The van der Waals surface area contributed by atoms with Crippen LogP contribution in [-0.4, -0.2) is 30.4 Å². The van der Waals surface area contributed by atoms with Crippen molar-refractivity contribution in [1.29, 1.82) is 0 Å². The molecule has 0 fully saturated rings. The van der Waals surface area contributed by atoms with Gasteiger partial charge >= 0.3 is 0 Å². The van der Waals surface area contributed by atoms with Crippen LogP contribution in [0.25, 0.3) is 0 Å². The molecular formula is C13H20N2O. The van der Waals surface area contributed by atoms with Crippen molar-refractivity contribution < 1.29 is 5.11 Å². The molecule has 0 heterocycles. The second kappa shape index (κ2) is 4.56. The highest BCUT2D eigenvalue weighted by atomic mass is 16.3. The highest BCUT2D eigenvalue weighted by Crippen LogP contribution is 2.32. The second-order valence-corrected chi connectivity index (χ2v) is 5.09. The third kappa shape index (κ3) is 2.99. The molecule has 0 amide bonds. The molecule has 1 aromatic rings. The van der Waals surface area contributed by atoms with Crippen molar-refractivity contribution in [3.05, 3.63) is 29.3 Å². The minimum absolute atomic E-state index is 0.0634. The zero-order valence-corrected chi connectivity index (χ0v) is 10.7. The van der Waals surface area contributed by atoms with E-state index in [0.29, 0.717) is 5.75 Å². The first-order chi connectivity index (χ1) is 7.32. The molecule has 0 unspecified atom stereocenters. The van der Waals surface area contributed by atoms with Crippen LogP contribution in [0.3, 0.4) is 0 Å². The van der Waals surface area contributed by atoms with Gasteiger partial charge in [-0.25, -0.2) is 0 Å². The molecule has 1 aromatic carbocycles. The molecule has 0 saturated carbocycles. The van der Waals surface area contributed by atoms with E-state index in [2.05, 4.69) is 25.9 Å². The maximum atomic E-state index is 10.1. The molecule has 0 saturated heterocycles. The van der Waals surface area contributed by atoms with Gasteiger partial charge in [-0.1, -0.05) is 32.9 Å². The fourth-order valence-corrected chi connectivity index (χ4v) is 1.45. The summed E-state index contributed by atoms with van der Waals surface area (Å²) in [6.07, 6.45) is 1.67. The number of nitrogens with zero attached hydrogens (tertiary/aromatic N) is 2. The monoisotopic (exact) mass is 220 g/mol. The number of phenolic OH excluding ortho intramolecular Hbond substituents is 1. The van der Waals surface area contributed by atoms with Crippen LogP contribution in [0, 0.1) is 0 Å². The molecule has 3 heteroatoms. The van der Waals surface area contributed by atoms with Crippen LogP contribution in [0.4, 0.5) is 0 Å². The SMILES string of the molecule is CN(C)N=Cc1cccc(C(C)(C)C)c1O. The molecule has 16 heavy (non-hydrogen) atoms. The van der Waals surface area contributed by atoms with Gasteiger partial charge in [0.05, 0.1) is 6.21 Å². The van der Waals surface area contributed by atoms with Gasteiger partial charge in [-0.05, 0) is 17.0 Å². The number of phenols is 1. The molecular weight excluding hydrogens is 200 g/mol. The first-order valence-electron chi connectivity index (χ1n) is 5.36. The first kappa shape index (κ1) is 12.6. The summed E-state index contributed by atoms with van der Waals surface area (Å²) in [5, 5.41) is 16.0. The summed E-state index contributed by atoms with van der Waals surface area (Å²) in [6, 6.07) is 5.75. The van der Waals surface area contributed by atoms with Crippen LogP contribution >= 0.6 is 0 Å². The molecule has 0 spiro atoms. The van der Waals surface area contributed by atoms with Crippen LogP contribution in [0.5, 0.6) is 5.75 Å². The fourth-order valence-electron chi connectivity index (χ4n) is 1.45. The van der Waals surface area contributed by atoms with E-state index < -0.39 is 0 Å². The van der Waals surface area contributed by atoms with Crippen LogP contribution in [0.2, 0.25) is 0 Å². The summed E-state index contributed by atoms with van der Waals surface area (Å²) in [4.78, 5) is 0. The lowest BCUT2D eigenvalue weighted by Crippen LogP contribution is -2.12. The molecule has 1 rings (SSSR count). The van der Waals surface area contributed by atoms with Gasteiger partial charge in [0.2, 0.25) is 0 Å². The van der Waals surface area contributed by atoms with Gasteiger partial charge in [0.25, 0.3) is 0 Å². The van der Waals surface area contributed by atoms with Crippen molar-refractivity contribution in [3.63, 3.8) is 0 Å². The lowest BCUT2D eigenvalue weighted by Gasteiger charge is -2.21. The zero-order valence-electron chi connectivity index (χ0n) is 10.7. The molecule has 88 valence electrons. The number of aromatic hydroxyl groups is 1. The third-order valence-corrected chi connectivity index (χ3v) is 2.30. The van der Waals surface area contributed by atoms with E-state index in [4.69, 9.17) is 0 Å². The Morgan fingerprint density at radius 3 is 2.38 bits per heavy atom. The second-order valence-electron chi connectivity index (χ2n) is 5.09. The number of para-hydroxylation sites is 1. The Balaban J connectivity index is 3.14. The van der Waals surface area contributed by atoms with E-state index in [9.17, 15) is 5.11 Å². The quantitative estimate of drug-likeness (QED) is 0.614. The van der Waals surface area contributed by atoms with Gasteiger partial charge in [0, 0.05) is 19.7 Å². The van der Waals surface area contributed by atoms with E-state index in [1.807, 2.05) is 32.3 Å². The van der Waals surface area contributed by atoms with Crippen LogP contribution < -0.4 is 0 Å². The molecule has 1 N–H and O–H groups in total. The maximum absolute atomic E-state index is 10.1. The Labute approximate surface area is 97.4 Å². The fraction of sp³-hybridized carbons (Fsp3) is 0.462. The van der Waals surface area contributed by atoms with Crippen molar-refractivity contribution in [1.82, 2.24) is 5.01 Å². The Morgan fingerprint density at radius 2 is 1.88 bits per heavy atom. The smallest absolute Gasteiger partial charge is 0.128 e. The number of benzene rings is 1. The third-order valence-electron chi connectivity index (χ3n) is 2.30. The summed E-state index contributed by atoms with van der Waals surface area (Å²) in [5.74, 6) is 0.320. The Hall–Kier alpha value is -1.51. The van der Waals surface area contributed by atoms with E-state index >= 15 is 0 Å². The van der Waals surface area contributed by atoms with Gasteiger partial charge in [-0.15, -0.1) is 0 Å². The van der Waals surface area contributed by atoms with E-state index in [1.165, 1.54) is 0 Å². The first-order valence-corrected chi connectivity index (χ1v) is 5.36. The lowest BCUT2D eigenvalue weighted by atomic mass is 9.85. The summed E-state index contributed by atoms with van der Waals surface area (Å²) < 4.78 is 0. The van der Waals surface area contributed by atoms with Crippen LogP contribution in [0.1, 0.15) is 31.9 Å². The van der Waals surface area contributed by atoms with Crippen molar-refractivity contribution in [2.75, 3.05) is 14.1 Å². The number of rotatable bonds is 2. The molecule has 0 aromatic heterocycles. The number of hydrogen-bond acceptors (Lipinski definition) is 3. The molecule has 0 radical (unpaired) electrons. The van der Waals surface area contributed by atoms with Gasteiger partial charge in [0.1, 0.15) is 5.75 Å². The minimum atomic E-state index is -0.0634. The normalized spacial score (nSPS) is 12.1. The van der Waals surface area contributed by atoms with Crippen molar-refractivity contribution in [2.45, 2.75) is 26.2 Å². The van der Waals surface area contributed by atoms with E-state index in [0.717, 1.165) is 11.1 Å². The highest BCUT2D eigenvalue weighted by molar-refractivity contribution is 5.84. The standard InChI is InChI=1S/C13H20N2O/c1-13(2,3)11-8-6-7-10(12(11)16)9-14-15(4)5/h6-9,16H,1-5H3. The van der Waals surface area contributed by atoms with Crippen molar-refractivity contribution >= 4 is 6.21 Å². The summed E-state index contributed by atoms with van der Waals surface area (Å²) in [6.45, 7) is 6.23. The minimum Gasteiger partial charge on any atom is -0.507 e. The highest BCUT2D eigenvalue weighted by Gasteiger charge is 2.18. The average Bonchev–Trinajstić information content (AvgIpc) is 2.14. The lowest BCUT2D eigenvalue weighted by molar-refractivity contribution is 0.436. The Morgan fingerprint density at radius 1 is 1.25 bits per heavy atom.